The fourth-order valence-corrected chi connectivity index (χ4v) is 7.20. The van der Waals surface area contributed by atoms with Crippen molar-refractivity contribution in [1.29, 1.82) is 0 Å². The summed E-state index contributed by atoms with van der Waals surface area (Å²) in [5, 5.41) is 0. The number of esters is 1. The third-order valence-electron chi connectivity index (χ3n) is 8.94. The average Bonchev–Trinajstić information content (AvgIpc) is 3.03. The second kappa shape index (κ2) is 6.78. The minimum Gasteiger partial charge on any atom is -0.458 e. The summed E-state index contributed by atoms with van der Waals surface area (Å²) < 4.78 is 5.84. The van der Waals surface area contributed by atoms with Gasteiger partial charge in [-0.05, 0) is 73.8 Å². The predicted molar refractivity (Wildman–Crippen MR) is 110 cm³/mol. The SMILES string of the molecule is C[C@]12CC[C@H](OC(=O)c3cccnc3)CC1=CC[C@H]1[C@H]2CC[C@]2(C)C(=O)CC[C@H]12. The number of pyridine rings is 1. The Morgan fingerprint density at radius 3 is 2.72 bits per heavy atom. The van der Waals surface area contributed by atoms with E-state index in [1.54, 1.807) is 24.5 Å². The zero-order chi connectivity index (χ0) is 20.2. The van der Waals surface area contributed by atoms with Gasteiger partial charge in [-0.1, -0.05) is 25.5 Å². The van der Waals surface area contributed by atoms with Crippen LogP contribution in [0.5, 0.6) is 0 Å². The maximum atomic E-state index is 12.6. The molecule has 0 radical (unpaired) electrons. The Kier molecular flexibility index (Phi) is 4.45. The molecule has 6 atom stereocenters. The normalized spacial score (nSPS) is 41.0. The second-order valence-electron chi connectivity index (χ2n) is 10.2. The Morgan fingerprint density at radius 1 is 1.14 bits per heavy atom. The number of nitrogens with zero attached hydrogens (tertiary/aromatic N) is 1. The van der Waals surface area contributed by atoms with Crippen LogP contribution in [0, 0.1) is 28.6 Å². The molecule has 0 aliphatic heterocycles. The van der Waals surface area contributed by atoms with Crippen LogP contribution in [-0.4, -0.2) is 22.8 Å². The highest BCUT2D eigenvalue weighted by Gasteiger charge is 2.58. The molecule has 0 aromatic carbocycles. The maximum absolute atomic E-state index is 12.6. The van der Waals surface area contributed by atoms with Crippen molar-refractivity contribution in [3.63, 3.8) is 0 Å². The highest BCUT2D eigenvalue weighted by molar-refractivity contribution is 5.89. The van der Waals surface area contributed by atoms with Gasteiger partial charge in [0.05, 0.1) is 5.56 Å². The monoisotopic (exact) mass is 393 g/mol. The molecule has 5 rings (SSSR count). The number of rotatable bonds is 2. The van der Waals surface area contributed by atoms with E-state index < -0.39 is 0 Å². The van der Waals surface area contributed by atoms with Gasteiger partial charge in [0, 0.05) is 30.7 Å². The Labute approximate surface area is 173 Å². The molecule has 4 aliphatic rings. The molecule has 4 nitrogen and oxygen atoms in total. The number of allylic oxidation sites excluding steroid dienone is 1. The third kappa shape index (κ3) is 2.90. The van der Waals surface area contributed by atoms with Crippen LogP contribution in [0.2, 0.25) is 0 Å². The second-order valence-corrected chi connectivity index (χ2v) is 10.2. The van der Waals surface area contributed by atoms with Gasteiger partial charge in [-0.25, -0.2) is 4.79 Å². The average molecular weight is 394 g/mol. The lowest BCUT2D eigenvalue weighted by molar-refractivity contribution is -0.132. The molecular formula is C25H31NO3. The molecule has 4 aliphatic carbocycles. The number of ether oxygens (including phenoxy) is 1. The van der Waals surface area contributed by atoms with Crippen molar-refractivity contribution < 1.29 is 14.3 Å². The smallest absolute Gasteiger partial charge is 0.339 e. The molecule has 1 aromatic heterocycles. The van der Waals surface area contributed by atoms with Crippen LogP contribution in [0.1, 0.15) is 75.6 Å². The van der Waals surface area contributed by atoms with E-state index in [0.717, 1.165) is 51.4 Å². The van der Waals surface area contributed by atoms with E-state index in [1.165, 1.54) is 5.57 Å². The van der Waals surface area contributed by atoms with Crippen molar-refractivity contribution in [1.82, 2.24) is 4.98 Å². The molecule has 29 heavy (non-hydrogen) atoms. The Balaban J connectivity index is 1.33. The molecule has 1 heterocycles. The summed E-state index contributed by atoms with van der Waals surface area (Å²) in [4.78, 5) is 29.0. The number of carbonyl (C=O) groups is 2. The minimum absolute atomic E-state index is 0.0412. The summed E-state index contributed by atoms with van der Waals surface area (Å²) >= 11 is 0. The summed E-state index contributed by atoms with van der Waals surface area (Å²) in [5.74, 6) is 2.11. The summed E-state index contributed by atoms with van der Waals surface area (Å²) in [6.07, 6.45) is 13.7. The molecule has 0 N–H and O–H groups in total. The molecule has 0 saturated heterocycles. The van der Waals surface area contributed by atoms with Crippen LogP contribution in [0.25, 0.3) is 0 Å². The van der Waals surface area contributed by atoms with Gasteiger partial charge in [-0.3, -0.25) is 9.78 Å². The van der Waals surface area contributed by atoms with E-state index in [1.807, 2.05) is 0 Å². The van der Waals surface area contributed by atoms with Crippen molar-refractivity contribution in [2.24, 2.45) is 28.6 Å². The molecule has 3 fully saturated rings. The van der Waals surface area contributed by atoms with Crippen LogP contribution in [-0.2, 0) is 9.53 Å². The molecule has 3 saturated carbocycles. The van der Waals surface area contributed by atoms with Gasteiger partial charge in [0.1, 0.15) is 11.9 Å². The standard InChI is InChI=1S/C25H31NO3/c1-24-11-9-18(29-23(28)16-4-3-13-26-15-16)14-17(24)5-6-19-20-7-8-22(27)25(20,2)12-10-21(19)24/h3-5,13,15,18-21H,6-12,14H2,1-2H3/t18-,19+,20+,21+,24-,25-/m0/s1. The third-order valence-corrected chi connectivity index (χ3v) is 8.94. The molecule has 0 unspecified atom stereocenters. The number of aromatic nitrogens is 1. The van der Waals surface area contributed by atoms with Crippen molar-refractivity contribution in [3.05, 3.63) is 41.7 Å². The molecule has 0 spiro atoms. The van der Waals surface area contributed by atoms with Crippen molar-refractivity contribution >= 4 is 11.8 Å². The molecule has 0 bridgehead atoms. The lowest BCUT2D eigenvalue weighted by Crippen LogP contribution is -2.50. The summed E-state index contributed by atoms with van der Waals surface area (Å²) in [5.41, 5.74) is 2.14. The van der Waals surface area contributed by atoms with Crippen LogP contribution < -0.4 is 0 Å². The number of Topliss-reactive ketones (excluding diaryl/α,β-unsaturated/α-hetero) is 1. The number of fused-ring (bicyclic) bond motifs is 5. The van der Waals surface area contributed by atoms with Crippen molar-refractivity contribution in [3.8, 4) is 0 Å². The number of hydrogen-bond acceptors (Lipinski definition) is 4. The first kappa shape index (κ1) is 19.0. The zero-order valence-corrected chi connectivity index (χ0v) is 17.5. The van der Waals surface area contributed by atoms with Crippen LogP contribution >= 0.6 is 0 Å². The van der Waals surface area contributed by atoms with E-state index in [2.05, 4.69) is 24.9 Å². The maximum Gasteiger partial charge on any atom is 0.339 e. The van der Waals surface area contributed by atoms with Gasteiger partial charge in [0.2, 0.25) is 0 Å². The molecule has 154 valence electrons. The molecular weight excluding hydrogens is 362 g/mol. The van der Waals surface area contributed by atoms with E-state index in [-0.39, 0.29) is 22.9 Å². The van der Waals surface area contributed by atoms with Gasteiger partial charge in [0.25, 0.3) is 0 Å². The van der Waals surface area contributed by atoms with Crippen LogP contribution in [0.4, 0.5) is 0 Å². The minimum atomic E-state index is -0.265. The van der Waals surface area contributed by atoms with Gasteiger partial charge < -0.3 is 4.74 Å². The first-order chi connectivity index (χ1) is 13.9. The Hall–Kier alpha value is -1.97. The Bertz CT molecular complexity index is 862. The lowest BCUT2D eigenvalue weighted by Gasteiger charge is -2.56. The first-order valence-electron chi connectivity index (χ1n) is 11.3. The van der Waals surface area contributed by atoms with E-state index in [4.69, 9.17) is 4.74 Å². The number of hydrogen-bond donors (Lipinski definition) is 0. The van der Waals surface area contributed by atoms with Crippen molar-refractivity contribution in [2.75, 3.05) is 0 Å². The predicted octanol–water partition coefficient (Wildman–Crippen LogP) is 5.14. The van der Waals surface area contributed by atoms with E-state index >= 15 is 0 Å². The quantitative estimate of drug-likeness (QED) is 0.516. The summed E-state index contributed by atoms with van der Waals surface area (Å²) in [6.45, 7) is 4.67. The van der Waals surface area contributed by atoms with E-state index in [0.29, 0.717) is 29.1 Å². The lowest BCUT2D eigenvalue weighted by atomic mass is 9.48. The van der Waals surface area contributed by atoms with Crippen LogP contribution in [0.3, 0.4) is 0 Å². The van der Waals surface area contributed by atoms with Gasteiger partial charge in [-0.2, -0.15) is 0 Å². The fourth-order valence-electron chi connectivity index (χ4n) is 7.20. The topological polar surface area (TPSA) is 56.3 Å². The number of ketones is 1. The summed E-state index contributed by atoms with van der Waals surface area (Å²) in [7, 11) is 0. The fraction of sp³-hybridized carbons (Fsp3) is 0.640. The van der Waals surface area contributed by atoms with Crippen molar-refractivity contribution in [2.45, 2.75) is 71.3 Å². The molecule has 1 aromatic rings. The molecule has 0 amide bonds. The largest absolute Gasteiger partial charge is 0.458 e. The van der Waals surface area contributed by atoms with Gasteiger partial charge in [0.15, 0.2) is 0 Å². The zero-order valence-electron chi connectivity index (χ0n) is 17.5. The van der Waals surface area contributed by atoms with Gasteiger partial charge >= 0.3 is 5.97 Å². The highest BCUT2D eigenvalue weighted by atomic mass is 16.5. The molecule has 4 heteroatoms. The first-order valence-corrected chi connectivity index (χ1v) is 11.3. The highest BCUT2D eigenvalue weighted by Crippen LogP contribution is 2.64. The van der Waals surface area contributed by atoms with E-state index in [9.17, 15) is 9.59 Å². The Morgan fingerprint density at radius 2 is 1.93 bits per heavy atom. The number of carbonyl (C=O) groups excluding carboxylic acids is 2. The van der Waals surface area contributed by atoms with Gasteiger partial charge in [-0.15, -0.1) is 0 Å². The van der Waals surface area contributed by atoms with Crippen LogP contribution in [0.15, 0.2) is 36.2 Å². The summed E-state index contributed by atoms with van der Waals surface area (Å²) in [6, 6.07) is 3.53.